The molecule has 0 spiro atoms. The van der Waals surface area contributed by atoms with Gasteiger partial charge in [-0.1, -0.05) is 12.1 Å². The van der Waals surface area contributed by atoms with Crippen molar-refractivity contribution in [2.24, 2.45) is 17.3 Å². The van der Waals surface area contributed by atoms with Gasteiger partial charge in [0.25, 0.3) is 0 Å². The fourth-order valence-electron chi connectivity index (χ4n) is 4.09. The maximum atomic E-state index is 13.8. The number of nitriles is 3. The van der Waals surface area contributed by atoms with Gasteiger partial charge in [-0.25, -0.2) is 8.78 Å². The number of nitrogens with zero attached hydrogens (tertiary/aromatic N) is 3. The van der Waals surface area contributed by atoms with E-state index >= 15 is 0 Å². The van der Waals surface area contributed by atoms with Crippen molar-refractivity contribution in [3.05, 3.63) is 47.0 Å². The molecule has 0 saturated heterocycles. The van der Waals surface area contributed by atoms with E-state index in [0.29, 0.717) is 12.0 Å². The van der Waals surface area contributed by atoms with Crippen molar-refractivity contribution in [3.63, 3.8) is 0 Å². The summed E-state index contributed by atoms with van der Waals surface area (Å²) in [6, 6.07) is 9.20. The predicted molar refractivity (Wildman–Crippen MR) is 85.0 cm³/mol. The topological polar surface area (TPSA) is 95.2 Å². The van der Waals surface area contributed by atoms with Gasteiger partial charge in [-0.05, 0) is 48.4 Å². The Kier molecular flexibility index (Phi) is 4.11. The molecule has 2 aliphatic rings. The average molecular weight is 336 g/mol. The van der Waals surface area contributed by atoms with E-state index in [4.69, 9.17) is 5.41 Å². The third kappa shape index (κ3) is 2.32. The molecule has 25 heavy (non-hydrogen) atoms. The van der Waals surface area contributed by atoms with Crippen molar-refractivity contribution >= 4 is 5.71 Å². The van der Waals surface area contributed by atoms with E-state index in [1.54, 1.807) is 0 Å². The van der Waals surface area contributed by atoms with Crippen LogP contribution < -0.4 is 0 Å². The third-order valence-corrected chi connectivity index (χ3v) is 5.23. The zero-order valence-corrected chi connectivity index (χ0v) is 13.3. The molecule has 0 bridgehead atoms. The molecule has 0 aromatic heterocycles. The van der Waals surface area contributed by atoms with Crippen LogP contribution in [-0.2, 0) is 0 Å². The normalized spacial score (nSPS) is 27.2. The summed E-state index contributed by atoms with van der Waals surface area (Å²) < 4.78 is 27.1. The number of allylic oxidation sites excluding steroid dienone is 2. The summed E-state index contributed by atoms with van der Waals surface area (Å²) >= 11 is 0. The maximum Gasteiger partial charge on any atom is 0.189 e. The zero-order chi connectivity index (χ0) is 18.2. The number of hydrogen-bond donors (Lipinski definition) is 1. The van der Waals surface area contributed by atoms with Crippen LogP contribution in [0.4, 0.5) is 8.78 Å². The summed E-state index contributed by atoms with van der Waals surface area (Å²) in [5, 5.41) is 37.4. The van der Waals surface area contributed by atoms with Crippen molar-refractivity contribution in [1.82, 2.24) is 0 Å². The standard InChI is InChI=1S/C19H14F2N4/c20-15-6-5-11(7-16(15)21)17-13-4-2-1-3-12(13)14(8-22)18(25)19(17,9-23)10-24/h3,5-7,13-14,17,25H,1-2,4H2/t13-,14?,17+/m0/s1. The van der Waals surface area contributed by atoms with Gasteiger partial charge < -0.3 is 5.41 Å². The molecule has 124 valence electrons. The van der Waals surface area contributed by atoms with E-state index < -0.39 is 28.9 Å². The van der Waals surface area contributed by atoms with Crippen molar-refractivity contribution in [3.8, 4) is 18.2 Å². The first-order valence-electron chi connectivity index (χ1n) is 7.96. The molecule has 1 fully saturated rings. The SMILES string of the molecule is N#CC1C(=N)C(C#N)(C#N)[C@H](c2ccc(F)c(F)c2)[C@H]2CCCC=C12. The van der Waals surface area contributed by atoms with Crippen molar-refractivity contribution < 1.29 is 8.78 Å². The molecule has 0 heterocycles. The van der Waals surface area contributed by atoms with Gasteiger partial charge >= 0.3 is 0 Å². The van der Waals surface area contributed by atoms with E-state index in [0.717, 1.165) is 30.5 Å². The van der Waals surface area contributed by atoms with Crippen LogP contribution >= 0.6 is 0 Å². The van der Waals surface area contributed by atoms with Crippen LogP contribution in [-0.4, -0.2) is 5.71 Å². The quantitative estimate of drug-likeness (QED) is 0.786. The molecule has 1 unspecified atom stereocenters. The molecule has 0 amide bonds. The van der Waals surface area contributed by atoms with Crippen molar-refractivity contribution in [1.29, 1.82) is 21.2 Å². The first kappa shape index (κ1) is 16.8. The molecular weight excluding hydrogens is 322 g/mol. The highest BCUT2D eigenvalue weighted by molar-refractivity contribution is 6.00. The average Bonchev–Trinajstić information content (AvgIpc) is 2.63. The second-order valence-corrected chi connectivity index (χ2v) is 6.40. The van der Waals surface area contributed by atoms with Gasteiger partial charge in [0.15, 0.2) is 17.0 Å². The Hall–Kier alpha value is -3.04. The van der Waals surface area contributed by atoms with Gasteiger partial charge in [0.1, 0.15) is 5.92 Å². The lowest BCUT2D eigenvalue weighted by atomic mass is 9.53. The molecule has 0 aliphatic heterocycles. The number of rotatable bonds is 1. The van der Waals surface area contributed by atoms with Crippen LogP contribution in [0.3, 0.4) is 0 Å². The number of nitrogens with one attached hydrogen (secondary N) is 1. The summed E-state index contributed by atoms with van der Waals surface area (Å²) in [5.41, 5.74) is -1.13. The van der Waals surface area contributed by atoms with E-state index in [1.165, 1.54) is 6.07 Å². The van der Waals surface area contributed by atoms with E-state index in [1.807, 2.05) is 24.3 Å². The van der Waals surface area contributed by atoms with Crippen LogP contribution in [0.2, 0.25) is 0 Å². The van der Waals surface area contributed by atoms with Crippen LogP contribution in [0.5, 0.6) is 0 Å². The fourth-order valence-corrected chi connectivity index (χ4v) is 4.09. The summed E-state index contributed by atoms with van der Waals surface area (Å²) in [6.45, 7) is 0. The molecule has 1 N–H and O–H groups in total. The van der Waals surface area contributed by atoms with E-state index in [2.05, 4.69) is 0 Å². The fraction of sp³-hybridized carbons (Fsp3) is 0.368. The van der Waals surface area contributed by atoms with E-state index in [9.17, 15) is 24.6 Å². The first-order chi connectivity index (χ1) is 12.0. The largest absolute Gasteiger partial charge is 0.305 e. The monoisotopic (exact) mass is 336 g/mol. The van der Waals surface area contributed by atoms with Gasteiger partial charge in [0, 0.05) is 5.92 Å². The number of halogens is 2. The summed E-state index contributed by atoms with van der Waals surface area (Å²) in [4.78, 5) is 0. The molecular formula is C19H14F2N4. The molecule has 2 aliphatic carbocycles. The lowest BCUT2D eigenvalue weighted by molar-refractivity contribution is 0.319. The highest BCUT2D eigenvalue weighted by Gasteiger charge is 2.57. The van der Waals surface area contributed by atoms with Crippen LogP contribution in [0.25, 0.3) is 0 Å². The van der Waals surface area contributed by atoms with Gasteiger partial charge in [-0.2, -0.15) is 15.8 Å². The number of hydrogen-bond acceptors (Lipinski definition) is 4. The van der Waals surface area contributed by atoms with Crippen LogP contribution in [0, 0.1) is 68.3 Å². The summed E-state index contributed by atoms with van der Waals surface area (Å²) in [5.74, 6) is -4.12. The Morgan fingerprint density at radius 1 is 1.12 bits per heavy atom. The lowest BCUT2D eigenvalue weighted by Crippen LogP contribution is -2.48. The van der Waals surface area contributed by atoms with Gasteiger partial charge in [0.05, 0.1) is 23.9 Å². The van der Waals surface area contributed by atoms with Crippen LogP contribution in [0.1, 0.15) is 30.7 Å². The molecule has 3 rings (SSSR count). The van der Waals surface area contributed by atoms with Crippen molar-refractivity contribution in [2.75, 3.05) is 0 Å². The zero-order valence-electron chi connectivity index (χ0n) is 13.3. The Bertz CT molecular complexity index is 883. The maximum absolute atomic E-state index is 13.8. The highest BCUT2D eigenvalue weighted by Crippen LogP contribution is 2.55. The molecule has 0 radical (unpaired) electrons. The summed E-state index contributed by atoms with van der Waals surface area (Å²) in [7, 11) is 0. The Morgan fingerprint density at radius 3 is 2.44 bits per heavy atom. The van der Waals surface area contributed by atoms with Crippen molar-refractivity contribution in [2.45, 2.75) is 25.2 Å². The molecule has 4 nitrogen and oxygen atoms in total. The Morgan fingerprint density at radius 2 is 1.84 bits per heavy atom. The number of benzene rings is 1. The van der Waals surface area contributed by atoms with E-state index in [-0.39, 0.29) is 11.6 Å². The molecule has 1 aromatic carbocycles. The van der Waals surface area contributed by atoms with Gasteiger partial charge in [-0.3, -0.25) is 0 Å². The summed E-state index contributed by atoms with van der Waals surface area (Å²) in [6.07, 6.45) is 4.09. The highest BCUT2D eigenvalue weighted by atomic mass is 19.2. The molecule has 6 heteroatoms. The second-order valence-electron chi connectivity index (χ2n) is 6.40. The third-order valence-electron chi connectivity index (χ3n) is 5.23. The minimum Gasteiger partial charge on any atom is -0.305 e. The predicted octanol–water partition coefficient (Wildman–Crippen LogP) is 3.98. The minimum absolute atomic E-state index is 0.279. The lowest BCUT2D eigenvalue weighted by Gasteiger charge is -2.45. The van der Waals surface area contributed by atoms with Gasteiger partial charge in [-0.15, -0.1) is 0 Å². The minimum atomic E-state index is -1.87. The van der Waals surface area contributed by atoms with Crippen LogP contribution in [0.15, 0.2) is 29.8 Å². The smallest absolute Gasteiger partial charge is 0.189 e. The second kappa shape index (κ2) is 6.11. The molecule has 1 saturated carbocycles. The Labute approximate surface area is 144 Å². The molecule has 1 aromatic rings. The molecule has 3 atom stereocenters. The number of fused-ring (bicyclic) bond motifs is 1. The Balaban J connectivity index is 2.27. The van der Waals surface area contributed by atoms with Gasteiger partial charge in [0.2, 0.25) is 0 Å². The first-order valence-corrected chi connectivity index (χ1v) is 7.96.